The van der Waals surface area contributed by atoms with Crippen molar-refractivity contribution in [3.05, 3.63) is 31.2 Å². The monoisotopic (exact) mass is 311 g/mol. The zero-order valence-electron chi connectivity index (χ0n) is 8.48. The molecular weight excluding hydrogens is 308 g/mol. The van der Waals surface area contributed by atoms with E-state index in [-0.39, 0.29) is 37.8 Å². The molecule has 17 heavy (non-hydrogen) atoms. The lowest BCUT2D eigenvalue weighted by Crippen LogP contribution is -2.03. The third kappa shape index (κ3) is 2.97. The summed E-state index contributed by atoms with van der Waals surface area (Å²) in [6.45, 7) is 1.05. The maximum Gasteiger partial charge on any atom is 0.302 e. The molecule has 1 aromatic carbocycles. The van der Waals surface area contributed by atoms with Gasteiger partial charge >= 0.3 is 5.97 Å². The maximum atomic E-state index is 10.7. The van der Waals surface area contributed by atoms with E-state index >= 15 is 0 Å². The van der Waals surface area contributed by atoms with Crippen molar-refractivity contribution in [1.82, 2.24) is 0 Å². The number of nitriles is 1. The van der Waals surface area contributed by atoms with Crippen molar-refractivity contribution in [1.29, 1.82) is 5.26 Å². The molecule has 0 aromatic heterocycles. The van der Waals surface area contributed by atoms with Crippen molar-refractivity contribution in [3.8, 4) is 6.07 Å². The maximum absolute atomic E-state index is 10.7. The molecule has 0 heterocycles. The highest BCUT2D eigenvalue weighted by Gasteiger charge is 2.20. The van der Waals surface area contributed by atoms with E-state index in [1.54, 1.807) is 0 Å². The molecule has 0 N–H and O–H groups in total. The van der Waals surface area contributed by atoms with Crippen LogP contribution in [-0.2, 0) is 16.1 Å². The molecule has 7 heteroatoms. The fraction of sp³-hybridized carbons (Fsp3) is 0.200. The van der Waals surface area contributed by atoms with Crippen LogP contribution in [0.5, 0.6) is 0 Å². The normalized spacial score (nSPS) is 9.88. The number of carbonyl (C=O) groups excluding carboxylic acids is 1. The first-order valence-electron chi connectivity index (χ1n) is 4.28. The lowest BCUT2D eigenvalue weighted by Gasteiger charge is -2.11. The molecule has 1 rings (SSSR count). The molecule has 0 atom stereocenters. The van der Waals surface area contributed by atoms with Crippen LogP contribution in [-0.4, -0.2) is 5.97 Å². The van der Waals surface area contributed by atoms with E-state index < -0.39 is 5.97 Å². The molecule has 1 aromatic rings. The van der Waals surface area contributed by atoms with Gasteiger partial charge in [0.1, 0.15) is 12.7 Å². The van der Waals surface area contributed by atoms with Crippen molar-refractivity contribution in [2.45, 2.75) is 13.5 Å². The molecule has 0 saturated carbocycles. The van der Waals surface area contributed by atoms with Crippen LogP contribution in [0.4, 0.5) is 0 Å². The van der Waals surface area contributed by atoms with Crippen molar-refractivity contribution < 1.29 is 9.53 Å². The predicted molar refractivity (Wildman–Crippen MR) is 66.7 cm³/mol. The van der Waals surface area contributed by atoms with Crippen LogP contribution in [0.15, 0.2) is 0 Å². The number of ether oxygens (including phenoxy) is 1. The third-order valence-corrected chi connectivity index (χ3v) is 3.74. The van der Waals surface area contributed by atoms with Gasteiger partial charge in [-0.2, -0.15) is 5.26 Å². The van der Waals surface area contributed by atoms with E-state index in [0.717, 1.165) is 0 Å². The lowest BCUT2D eigenvalue weighted by atomic mass is 10.1. The highest BCUT2D eigenvalue weighted by molar-refractivity contribution is 6.52. The van der Waals surface area contributed by atoms with Gasteiger partial charge in [0.2, 0.25) is 0 Å². The number of hydrogen-bond donors (Lipinski definition) is 0. The van der Waals surface area contributed by atoms with Gasteiger partial charge in [0.15, 0.2) is 0 Å². The van der Waals surface area contributed by atoms with Crippen LogP contribution in [0.3, 0.4) is 0 Å². The van der Waals surface area contributed by atoms with Gasteiger partial charge in [-0.25, -0.2) is 0 Å². The van der Waals surface area contributed by atoms with Gasteiger partial charge in [0, 0.05) is 12.5 Å². The summed E-state index contributed by atoms with van der Waals surface area (Å²) in [4.78, 5) is 10.7. The Balaban J connectivity index is 3.37. The minimum Gasteiger partial charge on any atom is -0.461 e. The molecule has 0 amide bonds. The summed E-state index contributed by atoms with van der Waals surface area (Å²) in [6, 6.07) is 1.85. The van der Waals surface area contributed by atoms with Crippen molar-refractivity contribution in [2.24, 2.45) is 0 Å². The molecule has 0 fully saturated rings. The molecule has 0 aliphatic heterocycles. The second-order valence-electron chi connectivity index (χ2n) is 3.00. The van der Waals surface area contributed by atoms with E-state index in [4.69, 9.17) is 56.4 Å². The van der Waals surface area contributed by atoms with E-state index in [0.29, 0.717) is 0 Å². The number of nitrogens with zero attached hydrogens (tertiary/aromatic N) is 1. The minimum atomic E-state index is -0.507. The second-order valence-corrected chi connectivity index (χ2v) is 4.51. The summed E-state index contributed by atoms with van der Waals surface area (Å²) in [6.07, 6.45) is 0. The first-order chi connectivity index (χ1) is 7.90. The van der Waals surface area contributed by atoms with Gasteiger partial charge < -0.3 is 4.74 Å². The summed E-state index contributed by atoms with van der Waals surface area (Å²) in [5, 5.41) is 9.04. The Labute approximate surface area is 118 Å². The molecular formula is C10H5Cl4NO2. The Morgan fingerprint density at radius 1 is 1.18 bits per heavy atom. The molecule has 0 spiro atoms. The zero-order chi connectivity index (χ0) is 13.2. The van der Waals surface area contributed by atoms with Crippen molar-refractivity contribution >= 4 is 52.4 Å². The Morgan fingerprint density at radius 2 is 1.71 bits per heavy atom. The molecule has 3 nitrogen and oxygen atoms in total. The van der Waals surface area contributed by atoms with Crippen LogP contribution < -0.4 is 0 Å². The number of carbonyl (C=O) groups is 1. The third-order valence-electron chi connectivity index (χ3n) is 1.90. The zero-order valence-corrected chi connectivity index (χ0v) is 11.5. The van der Waals surface area contributed by atoms with E-state index in [9.17, 15) is 4.79 Å². The Kier molecular flexibility index (Phi) is 4.91. The summed E-state index contributed by atoms with van der Waals surface area (Å²) in [5.41, 5.74) is 0.288. The van der Waals surface area contributed by atoms with Crippen LogP contribution in [0.2, 0.25) is 20.1 Å². The van der Waals surface area contributed by atoms with Gasteiger partial charge in [0.05, 0.1) is 25.7 Å². The number of esters is 1. The van der Waals surface area contributed by atoms with E-state index in [2.05, 4.69) is 0 Å². The summed E-state index contributed by atoms with van der Waals surface area (Å²) < 4.78 is 4.77. The van der Waals surface area contributed by atoms with Gasteiger partial charge in [-0.3, -0.25) is 4.79 Å². The van der Waals surface area contributed by atoms with Crippen LogP contribution in [0.25, 0.3) is 0 Å². The molecule has 0 unspecified atom stereocenters. The SMILES string of the molecule is CC(=O)OCc1c(Cl)c(Cl)c(Cl)c(Cl)c1C#N. The first kappa shape index (κ1) is 14.4. The quantitative estimate of drug-likeness (QED) is 0.466. The van der Waals surface area contributed by atoms with Crippen molar-refractivity contribution in [3.63, 3.8) is 0 Å². The molecule has 0 bridgehead atoms. The van der Waals surface area contributed by atoms with E-state index in [1.807, 2.05) is 6.07 Å². The molecule has 0 radical (unpaired) electrons. The largest absolute Gasteiger partial charge is 0.461 e. The first-order valence-corrected chi connectivity index (χ1v) is 5.79. The highest BCUT2D eigenvalue weighted by atomic mass is 35.5. The summed E-state index contributed by atoms with van der Waals surface area (Å²) in [5.74, 6) is -0.507. The minimum absolute atomic E-state index is 0.00135. The second kappa shape index (κ2) is 5.79. The Bertz CT molecular complexity index is 522. The lowest BCUT2D eigenvalue weighted by molar-refractivity contribution is -0.142. The molecule has 90 valence electrons. The van der Waals surface area contributed by atoms with Crippen LogP contribution in [0.1, 0.15) is 18.1 Å². The highest BCUT2D eigenvalue weighted by Crippen LogP contribution is 2.41. The molecule has 0 aliphatic rings. The Morgan fingerprint density at radius 3 is 2.18 bits per heavy atom. The fourth-order valence-corrected chi connectivity index (χ4v) is 2.09. The fourth-order valence-electron chi connectivity index (χ4n) is 1.10. The van der Waals surface area contributed by atoms with Crippen LogP contribution in [0, 0.1) is 11.3 Å². The topological polar surface area (TPSA) is 50.1 Å². The molecule has 0 saturated heterocycles. The average Bonchev–Trinajstić information content (AvgIpc) is 2.29. The van der Waals surface area contributed by atoms with Gasteiger partial charge in [-0.1, -0.05) is 46.4 Å². The smallest absolute Gasteiger partial charge is 0.302 e. The van der Waals surface area contributed by atoms with Crippen LogP contribution >= 0.6 is 46.4 Å². The molecule has 0 aliphatic carbocycles. The Hall–Kier alpha value is -0.660. The average molecular weight is 313 g/mol. The van der Waals surface area contributed by atoms with Gasteiger partial charge in [-0.05, 0) is 0 Å². The standard InChI is InChI=1S/C10H5Cl4NO2/c1-4(16)17-3-6-5(2-15)7(11)9(13)10(14)8(6)12/h3H2,1H3. The number of rotatable bonds is 2. The number of halogens is 4. The van der Waals surface area contributed by atoms with Gasteiger partial charge in [-0.15, -0.1) is 0 Å². The van der Waals surface area contributed by atoms with Crippen molar-refractivity contribution in [2.75, 3.05) is 0 Å². The van der Waals surface area contributed by atoms with Gasteiger partial charge in [0.25, 0.3) is 0 Å². The number of benzene rings is 1. The number of hydrogen-bond acceptors (Lipinski definition) is 3. The predicted octanol–water partition coefficient (Wildman–Crippen LogP) is 4.23. The summed E-state index contributed by atoms with van der Waals surface area (Å²) >= 11 is 23.4. The summed E-state index contributed by atoms with van der Waals surface area (Å²) in [7, 11) is 0. The van der Waals surface area contributed by atoms with E-state index in [1.165, 1.54) is 6.92 Å².